The number of methoxy groups -OCH3 is 2. The van der Waals surface area contributed by atoms with E-state index in [4.69, 9.17) is 14.2 Å². The molecule has 2 aliphatic heterocycles. The van der Waals surface area contributed by atoms with Gasteiger partial charge in [-0.25, -0.2) is 17.7 Å². The van der Waals surface area contributed by atoms with Gasteiger partial charge in [-0.05, 0) is 36.8 Å². The summed E-state index contributed by atoms with van der Waals surface area (Å²) in [5.74, 6) is 0.442. The third kappa shape index (κ3) is 7.81. The predicted octanol–water partition coefficient (Wildman–Crippen LogP) is 2.64. The van der Waals surface area contributed by atoms with Crippen molar-refractivity contribution in [1.29, 1.82) is 0 Å². The number of thioether (sulfide) groups is 1. The molecule has 0 saturated carbocycles. The van der Waals surface area contributed by atoms with Gasteiger partial charge in [-0.2, -0.15) is 0 Å². The van der Waals surface area contributed by atoms with Crippen LogP contribution in [0.5, 0.6) is 11.5 Å². The van der Waals surface area contributed by atoms with Gasteiger partial charge in [0.15, 0.2) is 5.17 Å². The first kappa shape index (κ1) is 31.8. The Hall–Kier alpha value is -3.17. The number of nitrogens with zero attached hydrogens (tertiary/aromatic N) is 4. The van der Waals surface area contributed by atoms with Crippen LogP contribution in [-0.4, -0.2) is 112 Å². The minimum absolute atomic E-state index is 0.0854. The van der Waals surface area contributed by atoms with E-state index < -0.39 is 15.3 Å². The molecular formula is C28H37N5O7S2. The summed E-state index contributed by atoms with van der Waals surface area (Å²) in [4.78, 5) is 35.3. The number of carbonyl (C=O) groups is 2. The number of morpholine rings is 1. The number of carbonyl (C=O) groups excluding carboxylic acids is 2. The maximum atomic E-state index is 13.6. The van der Waals surface area contributed by atoms with Crippen LogP contribution in [0.15, 0.2) is 52.4 Å². The van der Waals surface area contributed by atoms with Crippen molar-refractivity contribution in [3.8, 4) is 11.5 Å². The van der Waals surface area contributed by atoms with Crippen LogP contribution >= 0.6 is 11.8 Å². The van der Waals surface area contributed by atoms with E-state index in [1.165, 1.54) is 52.2 Å². The Morgan fingerprint density at radius 1 is 1.12 bits per heavy atom. The summed E-state index contributed by atoms with van der Waals surface area (Å²) in [6.45, 7) is 4.27. The summed E-state index contributed by atoms with van der Waals surface area (Å²) in [6.07, 6.45) is 0.623. The van der Waals surface area contributed by atoms with Crippen LogP contribution in [0, 0.1) is 0 Å². The third-order valence-corrected chi connectivity index (χ3v) is 9.84. The lowest BCUT2D eigenvalue weighted by atomic mass is 10.2. The molecule has 0 unspecified atom stereocenters. The highest BCUT2D eigenvalue weighted by atomic mass is 32.2. The number of aliphatic imine (C=N–C) groups is 1. The Bertz CT molecular complexity index is 1410. The van der Waals surface area contributed by atoms with Crippen molar-refractivity contribution >= 4 is 50.1 Å². The first-order chi connectivity index (χ1) is 20.1. The van der Waals surface area contributed by atoms with Crippen molar-refractivity contribution in [1.82, 2.24) is 14.1 Å². The molecule has 2 aliphatic rings. The summed E-state index contributed by atoms with van der Waals surface area (Å²) in [5, 5.41) is 2.56. The first-order valence-electron chi connectivity index (χ1n) is 13.5. The molecule has 228 valence electrons. The summed E-state index contributed by atoms with van der Waals surface area (Å²) in [5.41, 5.74) is 0.838. The summed E-state index contributed by atoms with van der Waals surface area (Å²) >= 11 is 1.20. The van der Waals surface area contributed by atoms with Gasteiger partial charge in [0.2, 0.25) is 21.8 Å². The second-order valence-corrected chi connectivity index (χ2v) is 13.2. The van der Waals surface area contributed by atoms with E-state index in [-0.39, 0.29) is 23.1 Å². The number of amides is 2. The maximum Gasteiger partial charge on any atom is 0.242 e. The van der Waals surface area contributed by atoms with Crippen LogP contribution < -0.4 is 14.8 Å². The summed E-state index contributed by atoms with van der Waals surface area (Å²) < 4.78 is 42.5. The fraction of sp³-hybridized carbons (Fsp3) is 0.464. The molecule has 14 heteroatoms. The number of hydrogen-bond donors (Lipinski definition) is 1. The van der Waals surface area contributed by atoms with Crippen LogP contribution in [0.25, 0.3) is 0 Å². The van der Waals surface area contributed by atoms with Gasteiger partial charge in [0, 0.05) is 52.8 Å². The average Bonchev–Trinajstić information content (AvgIpc) is 3.26. The largest absolute Gasteiger partial charge is 0.497 e. The maximum absolute atomic E-state index is 13.6. The minimum atomic E-state index is -3.66. The van der Waals surface area contributed by atoms with Crippen molar-refractivity contribution in [2.75, 3.05) is 73.0 Å². The highest BCUT2D eigenvalue weighted by Crippen LogP contribution is 2.34. The molecule has 2 heterocycles. The number of sulfonamides is 1. The molecule has 4 rings (SSSR count). The van der Waals surface area contributed by atoms with Crippen molar-refractivity contribution in [2.45, 2.75) is 23.0 Å². The van der Waals surface area contributed by atoms with Crippen LogP contribution in [0.4, 0.5) is 11.4 Å². The molecule has 2 aromatic rings. The van der Waals surface area contributed by atoms with Gasteiger partial charge in [-0.1, -0.05) is 17.8 Å². The molecule has 2 amide bonds. The van der Waals surface area contributed by atoms with Gasteiger partial charge in [0.1, 0.15) is 16.7 Å². The highest BCUT2D eigenvalue weighted by molar-refractivity contribution is 8.15. The molecule has 2 fully saturated rings. The van der Waals surface area contributed by atoms with E-state index in [0.717, 1.165) is 23.9 Å². The van der Waals surface area contributed by atoms with Crippen molar-refractivity contribution in [3.05, 3.63) is 42.5 Å². The molecule has 0 aromatic heterocycles. The van der Waals surface area contributed by atoms with Crippen LogP contribution in [0.1, 0.15) is 12.8 Å². The van der Waals surface area contributed by atoms with Gasteiger partial charge >= 0.3 is 0 Å². The predicted molar refractivity (Wildman–Crippen MR) is 162 cm³/mol. The van der Waals surface area contributed by atoms with Crippen LogP contribution in [0.3, 0.4) is 0 Å². The number of ether oxygens (including phenoxy) is 3. The Balaban J connectivity index is 1.53. The summed E-state index contributed by atoms with van der Waals surface area (Å²) in [7, 11) is 2.30. The van der Waals surface area contributed by atoms with Crippen LogP contribution in [0.2, 0.25) is 0 Å². The molecule has 0 aliphatic carbocycles. The molecule has 0 radical (unpaired) electrons. The van der Waals surface area contributed by atoms with E-state index in [2.05, 4.69) is 15.2 Å². The van der Waals surface area contributed by atoms with E-state index >= 15 is 0 Å². The number of rotatable bonds is 12. The first-order valence-corrected chi connectivity index (χ1v) is 15.9. The van der Waals surface area contributed by atoms with Gasteiger partial charge in [0.25, 0.3) is 0 Å². The monoisotopic (exact) mass is 619 g/mol. The fourth-order valence-corrected chi connectivity index (χ4v) is 6.65. The van der Waals surface area contributed by atoms with Gasteiger partial charge < -0.3 is 19.5 Å². The van der Waals surface area contributed by atoms with Crippen molar-refractivity contribution in [3.63, 3.8) is 0 Å². The number of anilines is 1. The molecular weight excluding hydrogens is 582 g/mol. The molecule has 0 spiro atoms. The third-order valence-electron chi connectivity index (χ3n) is 6.85. The van der Waals surface area contributed by atoms with Crippen LogP contribution in [-0.2, 0) is 24.3 Å². The van der Waals surface area contributed by atoms with Gasteiger partial charge in [-0.3, -0.25) is 19.4 Å². The average molecular weight is 620 g/mol. The molecule has 42 heavy (non-hydrogen) atoms. The second-order valence-electron chi connectivity index (χ2n) is 9.90. The zero-order valence-electron chi connectivity index (χ0n) is 24.2. The standard InChI is InChI=1S/C28H37N5O7S2/c1-31(2)42(36,37)22-8-5-7-20(17-22)29-28-33(12-6-11-32-13-15-40-16-14-32)27(35)25(41-28)19-26(34)30-23-18-21(38-3)9-10-24(23)39-4/h5,7-10,17-18,25H,6,11-16,19H2,1-4H3,(H,30,34)/t25-/m0/s1. The highest BCUT2D eigenvalue weighted by Gasteiger charge is 2.39. The fourth-order valence-electron chi connectivity index (χ4n) is 4.52. The normalized spacial score (nSPS) is 19.0. The second kappa shape index (κ2) is 14.3. The molecule has 0 bridgehead atoms. The quantitative estimate of drug-likeness (QED) is 0.381. The number of amidine groups is 1. The molecule has 1 N–H and O–H groups in total. The molecule has 2 aromatic carbocycles. The molecule has 12 nitrogen and oxygen atoms in total. The number of nitrogens with one attached hydrogen (secondary N) is 1. The molecule has 1 atom stereocenters. The van der Waals surface area contributed by atoms with E-state index in [1.54, 1.807) is 35.2 Å². The SMILES string of the molecule is COc1ccc(OC)c(NC(=O)C[C@@H]2SC(=Nc3cccc(S(=O)(=O)N(C)C)c3)N(CCCN3CCOCC3)C2=O)c1. The lowest BCUT2D eigenvalue weighted by Gasteiger charge is -2.27. The smallest absolute Gasteiger partial charge is 0.242 e. The lowest BCUT2D eigenvalue weighted by molar-refractivity contribution is -0.128. The lowest BCUT2D eigenvalue weighted by Crippen LogP contribution is -2.39. The van der Waals surface area contributed by atoms with Gasteiger partial charge in [-0.15, -0.1) is 0 Å². The van der Waals surface area contributed by atoms with Crippen molar-refractivity contribution in [2.24, 2.45) is 4.99 Å². The van der Waals surface area contributed by atoms with E-state index in [1.807, 2.05) is 0 Å². The molecule has 2 saturated heterocycles. The topological polar surface area (TPSA) is 130 Å². The number of benzene rings is 2. The minimum Gasteiger partial charge on any atom is -0.497 e. The van der Waals surface area contributed by atoms with Gasteiger partial charge in [0.05, 0.1) is 43.7 Å². The Kier molecular flexibility index (Phi) is 10.8. The van der Waals surface area contributed by atoms with E-state index in [0.29, 0.717) is 54.2 Å². The van der Waals surface area contributed by atoms with E-state index in [9.17, 15) is 18.0 Å². The number of hydrogen-bond acceptors (Lipinski definition) is 10. The van der Waals surface area contributed by atoms with Crippen molar-refractivity contribution < 1.29 is 32.2 Å². The zero-order valence-corrected chi connectivity index (χ0v) is 25.9. The Morgan fingerprint density at radius 3 is 2.57 bits per heavy atom. The Labute approximate surface area is 251 Å². The summed E-state index contributed by atoms with van der Waals surface area (Å²) in [6, 6.07) is 11.4. The Morgan fingerprint density at radius 2 is 1.88 bits per heavy atom. The zero-order chi connectivity index (χ0) is 30.3.